The summed E-state index contributed by atoms with van der Waals surface area (Å²) in [5, 5.41) is 12.1. The molecule has 0 spiro atoms. The van der Waals surface area contributed by atoms with Gasteiger partial charge in [0.1, 0.15) is 0 Å². The van der Waals surface area contributed by atoms with Gasteiger partial charge in [-0.15, -0.1) is 6.58 Å². The monoisotopic (exact) mass is 621 g/mol. The van der Waals surface area contributed by atoms with Gasteiger partial charge < -0.3 is 21.4 Å². The van der Waals surface area contributed by atoms with E-state index < -0.39 is 0 Å². The molecule has 4 N–H and O–H groups in total. The van der Waals surface area contributed by atoms with Crippen molar-refractivity contribution >= 4 is 23.7 Å². The molecule has 2 aromatic carbocycles. The van der Waals surface area contributed by atoms with Crippen molar-refractivity contribution in [1.29, 1.82) is 0 Å². The predicted octanol–water partition coefficient (Wildman–Crippen LogP) is 6.57. The normalized spacial score (nSPS) is 21.3. The fraction of sp³-hybridized carbons (Fsp3) is 0.462. The summed E-state index contributed by atoms with van der Waals surface area (Å²) in [7, 11) is 4.27. The zero-order valence-corrected chi connectivity index (χ0v) is 28.5. The van der Waals surface area contributed by atoms with Gasteiger partial charge in [0.15, 0.2) is 0 Å². The van der Waals surface area contributed by atoms with Gasteiger partial charge in [-0.1, -0.05) is 69.5 Å². The number of rotatable bonds is 16. The molecule has 0 bridgehead atoms. The Morgan fingerprint density at radius 2 is 1.96 bits per heavy atom. The number of nitrogens with zero attached hydrogens (tertiary/aromatic N) is 4. The molecule has 2 aromatic rings. The van der Waals surface area contributed by atoms with Crippen LogP contribution in [0.2, 0.25) is 0 Å². The molecule has 5 rings (SSSR count). The van der Waals surface area contributed by atoms with Crippen LogP contribution in [0.5, 0.6) is 0 Å². The van der Waals surface area contributed by atoms with Crippen molar-refractivity contribution in [3.8, 4) is 0 Å². The van der Waals surface area contributed by atoms with Crippen molar-refractivity contribution < 1.29 is 0 Å². The van der Waals surface area contributed by atoms with Crippen LogP contribution in [-0.2, 0) is 6.42 Å². The third kappa shape index (κ3) is 7.49. The molecule has 1 fully saturated rings. The van der Waals surface area contributed by atoms with Crippen molar-refractivity contribution in [3.63, 3.8) is 0 Å². The van der Waals surface area contributed by atoms with Crippen molar-refractivity contribution in [2.75, 3.05) is 45.6 Å². The Kier molecular flexibility index (Phi) is 11.2. The molecule has 4 unspecified atom stereocenters. The molecule has 1 saturated heterocycles. The number of benzene rings is 2. The first-order chi connectivity index (χ1) is 22.2. The molecule has 0 radical (unpaired) electrons. The molecule has 0 aromatic heterocycles. The maximum Gasteiger partial charge on any atom is 0.0864 e. The van der Waals surface area contributed by atoms with E-state index in [1.54, 1.807) is 0 Å². The maximum atomic E-state index is 6.37. The van der Waals surface area contributed by atoms with Crippen LogP contribution >= 0.6 is 0 Å². The van der Waals surface area contributed by atoms with Crippen molar-refractivity contribution in [2.45, 2.75) is 63.6 Å². The minimum Gasteiger partial charge on any atom is -0.402 e. The van der Waals surface area contributed by atoms with Gasteiger partial charge in [-0.05, 0) is 73.0 Å². The van der Waals surface area contributed by atoms with Gasteiger partial charge >= 0.3 is 0 Å². The number of nitrogens with one attached hydrogen (secondary N) is 2. The Morgan fingerprint density at radius 3 is 2.65 bits per heavy atom. The number of fused-ring (bicyclic) bond motifs is 1. The van der Waals surface area contributed by atoms with E-state index in [1.807, 2.05) is 25.3 Å². The second-order valence-corrected chi connectivity index (χ2v) is 13.7. The highest BCUT2D eigenvalue weighted by Gasteiger charge is 2.41. The lowest BCUT2D eigenvalue weighted by molar-refractivity contribution is -0.0603. The minimum atomic E-state index is 0.106. The highest BCUT2D eigenvalue weighted by Crippen LogP contribution is 2.37. The molecule has 7 nitrogen and oxygen atoms in total. The summed E-state index contributed by atoms with van der Waals surface area (Å²) in [6.45, 7) is 20.9. The smallest absolute Gasteiger partial charge is 0.0864 e. The van der Waals surface area contributed by atoms with Gasteiger partial charge in [0.05, 0.1) is 29.5 Å². The first kappa shape index (κ1) is 33.7. The fourth-order valence-electron chi connectivity index (χ4n) is 7.43. The molecule has 0 aliphatic carbocycles. The number of allylic oxidation sites excluding steroid dienone is 2. The van der Waals surface area contributed by atoms with Crippen LogP contribution in [0.15, 0.2) is 90.7 Å². The maximum absolute atomic E-state index is 6.37. The SMILES string of the molecule is C=CCCC(C(=C)N)C(CNC)c1cc(CCN2CC(N3C=C(C4C=Nc5ccccc5N4)C(CC(C)C)N3C)C2)ccc1C=C. The average molecular weight is 622 g/mol. The third-order valence-corrected chi connectivity index (χ3v) is 9.98. The van der Waals surface area contributed by atoms with Crippen LogP contribution in [0.3, 0.4) is 0 Å². The summed E-state index contributed by atoms with van der Waals surface area (Å²) in [6, 6.07) is 16.1. The van der Waals surface area contributed by atoms with Crippen LogP contribution in [0.4, 0.5) is 11.4 Å². The lowest BCUT2D eigenvalue weighted by Crippen LogP contribution is -2.61. The summed E-state index contributed by atoms with van der Waals surface area (Å²) >= 11 is 0. The number of nitrogens with two attached hydrogens (primary N) is 1. The molecule has 0 saturated carbocycles. The highest BCUT2D eigenvalue weighted by molar-refractivity contribution is 5.85. The van der Waals surface area contributed by atoms with Crippen molar-refractivity contribution in [3.05, 3.63) is 102 Å². The van der Waals surface area contributed by atoms with Crippen molar-refractivity contribution in [2.24, 2.45) is 22.6 Å². The highest BCUT2D eigenvalue weighted by atomic mass is 15.7. The van der Waals surface area contributed by atoms with E-state index in [9.17, 15) is 0 Å². The van der Waals surface area contributed by atoms with Crippen LogP contribution in [0.25, 0.3) is 6.08 Å². The number of anilines is 1. The van der Waals surface area contributed by atoms with Gasteiger partial charge in [-0.2, -0.15) is 0 Å². The van der Waals surface area contributed by atoms with Crippen LogP contribution in [0.1, 0.15) is 55.7 Å². The fourth-order valence-corrected chi connectivity index (χ4v) is 7.43. The van der Waals surface area contributed by atoms with E-state index in [1.165, 1.54) is 22.3 Å². The van der Waals surface area contributed by atoms with Gasteiger partial charge in [0, 0.05) is 63.2 Å². The van der Waals surface area contributed by atoms with E-state index in [-0.39, 0.29) is 17.9 Å². The van der Waals surface area contributed by atoms with Gasteiger partial charge in [0.25, 0.3) is 0 Å². The Hall–Kier alpha value is -3.65. The molecule has 3 aliphatic rings. The summed E-state index contributed by atoms with van der Waals surface area (Å²) < 4.78 is 0. The Bertz CT molecular complexity index is 1440. The van der Waals surface area contributed by atoms with Crippen LogP contribution < -0.4 is 16.4 Å². The molecule has 3 aliphatic heterocycles. The summed E-state index contributed by atoms with van der Waals surface area (Å²) in [4.78, 5) is 7.38. The zero-order valence-electron chi connectivity index (χ0n) is 28.5. The van der Waals surface area contributed by atoms with Gasteiger partial charge in [0.2, 0.25) is 0 Å². The first-order valence-corrected chi connectivity index (χ1v) is 17.0. The quantitative estimate of drug-likeness (QED) is 0.184. The summed E-state index contributed by atoms with van der Waals surface area (Å²) in [5.41, 5.74) is 14.5. The summed E-state index contributed by atoms with van der Waals surface area (Å²) in [5.74, 6) is 1.01. The van der Waals surface area contributed by atoms with E-state index in [0.717, 1.165) is 68.9 Å². The second-order valence-electron chi connectivity index (χ2n) is 13.7. The zero-order chi connectivity index (χ0) is 32.8. The largest absolute Gasteiger partial charge is 0.402 e. The number of hydrogen-bond donors (Lipinski definition) is 3. The van der Waals surface area contributed by atoms with E-state index >= 15 is 0 Å². The van der Waals surface area contributed by atoms with Crippen LogP contribution in [0, 0.1) is 11.8 Å². The Balaban J connectivity index is 1.24. The topological polar surface area (TPSA) is 72.2 Å². The molecule has 246 valence electrons. The lowest BCUT2D eigenvalue weighted by atomic mass is 9.79. The molecule has 46 heavy (non-hydrogen) atoms. The standard InChI is InChI=1S/C39H55N7/c1-8-10-13-32(28(5)40)34(22-41-6)33-21-29(16-17-30(33)9-2)18-19-45-24-31(25-45)46-26-35(39(44(46)7)20-27(3)4)38-23-42-36-14-11-12-15-37(36)43-38/h8-9,11-12,14-17,21,23,26-27,31-32,34,38-39,41,43H,1-2,5,10,13,18-20,22,24-25,40H2,3-4,6-7H3. The van der Waals surface area contributed by atoms with Crippen LogP contribution in [-0.4, -0.2) is 79.5 Å². The van der Waals surface area contributed by atoms with E-state index in [2.05, 4.69) is 115 Å². The van der Waals surface area contributed by atoms with E-state index in [0.29, 0.717) is 18.0 Å². The number of likely N-dealkylation sites (tertiary alicyclic amines) is 1. The number of para-hydroxylation sites is 2. The Morgan fingerprint density at radius 1 is 1.17 bits per heavy atom. The van der Waals surface area contributed by atoms with Gasteiger partial charge in [-0.3, -0.25) is 9.89 Å². The first-order valence-electron chi connectivity index (χ1n) is 17.0. The second kappa shape index (κ2) is 15.3. The molecule has 3 heterocycles. The molecule has 0 amide bonds. The van der Waals surface area contributed by atoms with Crippen molar-refractivity contribution in [1.82, 2.24) is 20.2 Å². The molecule has 7 heteroatoms. The number of hydrazine groups is 1. The molecular formula is C39H55N7. The van der Waals surface area contributed by atoms with E-state index in [4.69, 9.17) is 10.7 Å². The predicted molar refractivity (Wildman–Crippen MR) is 196 cm³/mol. The third-order valence-electron chi connectivity index (χ3n) is 9.98. The molecular weight excluding hydrogens is 566 g/mol. The minimum absolute atomic E-state index is 0.106. The number of likely N-dealkylation sites (N-methyl/N-ethyl adjacent to an activating group) is 2. The average Bonchev–Trinajstić information content (AvgIpc) is 3.33. The summed E-state index contributed by atoms with van der Waals surface area (Å²) in [6.07, 6.45) is 12.4. The number of aliphatic imine (C=N–C) groups is 1. The van der Waals surface area contributed by atoms with Gasteiger partial charge in [-0.25, -0.2) is 5.01 Å². The lowest BCUT2D eigenvalue weighted by Gasteiger charge is -2.47. The number of hydrogen-bond acceptors (Lipinski definition) is 7. The Labute approximate surface area is 277 Å². The molecule has 4 atom stereocenters.